The van der Waals surface area contributed by atoms with Crippen LogP contribution in [0, 0.1) is 0 Å². The lowest BCUT2D eigenvalue weighted by atomic mass is 9.93. The largest absolute Gasteiger partial charge is 0.354 e. The van der Waals surface area contributed by atoms with Crippen LogP contribution >= 0.6 is 11.6 Å². The van der Waals surface area contributed by atoms with Crippen LogP contribution < -0.4 is 0 Å². The number of hydrogen-bond donors (Lipinski definition) is 1. The van der Waals surface area contributed by atoms with E-state index in [1.165, 1.54) is 131 Å². The van der Waals surface area contributed by atoms with Crippen molar-refractivity contribution in [3.05, 3.63) is 345 Å². The standard InChI is InChI=1S/C48H28N4.C26H16ClN3.C22H13N.CH3F/c1-2-13-31(14-3-1)51-40-22-9-6-17-34(40)35-26-24-30(28-43(35)51)47-48(50-39-21-8-7-20-38(39)49-47)52-41-23-11-19-37-33-16-5-4-15-32(33)36-18-10-12-29-25-27-42(52)46(44(29)36)45(37)41;27-26-25(28-21-11-5-6-12-22(21)29-26)17-14-15-20-19-10-4-7-13-23(19)30(24(20)16-17)18-8-2-1-3-9-18;1-2-7-15-14(6-1)16-8-3-5-13-11-12-19-22(20(13)16)21-17(15)9-4-10-18(21)23-19;1-2/h1-28H;1-16H;1-12,23H;1H3/i;;;1D. The van der Waals surface area contributed by atoms with Crippen molar-refractivity contribution in [3.63, 3.8) is 0 Å². The Morgan fingerprint density at radius 1 is 0.290 bits per heavy atom. The molecule has 6 aromatic heterocycles. The molecule has 6 heterocycles. The molecule has 24 rings (SSSR count). The summed E-state index contributed by atoms with van der Waals surface area (Å²) < 4.78 is 22.5. The summed E-state index contributed by atoms with van der Waals surface area (Å²) in [4.78, 5) is 23.9. The van der Waals surface area contributed by atoms with Crippen LogP contribution in [0.15, 0.2) is 340 Å². The molecule has 0 amide bonds. The zero-order valence-electron chi connectivity index (χ0n) is 58.4. The van der Waals surface area contributed by atoms with Gasteiger partial charge in [0, 0.05) is 76.6 Å². The van der Waals surface area contributed by atoms with E-state index >= 15 is 0 Å². The first-order chi connectivity index (χ1) is 53.4. The molecule has 0 bridgehead atoms. The average molecular weight is 1390 g/mol. The van der Waals surface area contributed by atoms with Crippen LogP contribution in [0.25, 0.3) is 215 Å². The van der Waals surface area contributed by atoms with Gasteiger partial charge in [0.2, 0.25) is 0 Å². The van der Waals surface area contributed by atoms with Gasteiger partial charge in [-0.05, 0) is 163 Å². The van der Waals surface area contributed by atoms with E-state index in [9.17, 15) is 4.39 Å². The zero-order chi connectivity index (χ0) is 71.7. The van der Waals surface area contributed by atoms with Crippen molar-refractivity contribution in [2.75, 3.05) is 7.15 Å². The molecule has 0 atom stereocenters. The predicted octanol–water partition coefficient (Wildman–Crippen LogP) is 26.0. The Morgan fingerprint density at radius 2 is 0.682 bits per heavy atom. The third-order valence-electron chi connectivity index (χ3n) is 21.7. The SMILES string of the molecule is Clc1nc2ccccc2nc1-c1ccc2c3ccccc3n(-c3ccccc3)c2c1.[2H]CF.c1ccc(-n2c3ccccc3c3ccc(-c4nc5ccccc5nc4-n4c5cccc6c5c5c7c(cccc7ccc54)-c4ccccc4-6)cc32)cc1.c1ccc2c(c1)-c1cccc3ccc4[nH]c5cccc-2c5c4c13. The molecule has 1 N–H and O–H groups in total. The highest BCUT2D eigenvalue weighted by Crippen LogP contribution is 2.52. The van der Waals surface area contributed by atoms with Crippen LogP contribution in [0.1, 0.15) is 1.37 Å². The fraction of sp³-hybridized carbons (Fsp3) is 0.0103. The van der Waals surface area contributed by atoms with Crippen LogP contribution in [0.2, 0.25) is 5.15 Å². The molecule has 10 heteroatoms. The van der Waals surface area contributed by atoms with Gasteiger partial charge in [0.15, 0.2) is 11.0 Å². The maximum atomic E-state index is 9.96. The number of H-pyrrole nitrogens is 1. The molecule has 107 heavy (non-hydrogen) atoms. The zero-order valence-corrected chi connectivity index (χ0v) is 58.2. The predicted molar refractivity (Wildman–Crippen MR) is 445 cm³/mol. The molecule has 0 saturated heterocycles. The molecule has 16 aromatic carbocycles. The number of nitrogens with zero attached hydrogens (tertiary/aromatic N) is 7. The van der Waals surface area contributed by atoms with E-state index in [0.29, 0.717) is 10.8 Å². The lowest BCUT2D eigenvalue weighted by molar-refractivity contribution is 0.636. The molecule has 22 aromatic rings. The second kappa shape index (κ2) is 24.7. The lowest BCUT2D eigenvalue weighted by Gasteiger charge is -2.16. The number of para-hydroxylation sites is 8. The number of hydrogen-bond acceptors (Lipinski definition) is 4. The van der Waals surface area contributed by atoms with Crippen molar-refractivity contribution in [2.24, 2.45) is 0 Å². The number of fused-ring (bicyclic) bond motifs is 14. The second-order valence-corrected chi connectivity index (χ2v) is 27.7. The summed E-state index contributed by atoms with van der Waals surface area (Å²) in [6, 6.07) is 121. The Bertz CT molecular complexity index is 7440. The molecule has 8 nitrogen and oxygen atoms in total. The normalized spacial score (nSPS) is 12.0. The first kappa shape index (κ1) is 60.7. The number of halogens is 2. The molecular weight excluding hydrogens is 1330 g/mol. The lowest BCUT2D eigenvalue weighted by Crippen LogP contribution is -2.04. The highest BCUT2D eigenvalue weighted by molar-refractivity contribution is 6.33. The second-order valence-electron chi connectivity index (χ2n) is 27.3. The average Bonchev–Trinajstić information content (AvgIpc) is 1.54. The van der Waals surface area contributed by atoms with Crippen molar-refractivity contribution in [2.45, 2.75) is 0 Å². The molecule has 502 valence electrons. The van der Waals surface area contributed by atoms with Crippen LogP contribution in [0.4, 0.5) is 4.39 Å². The van der Waals surface area contributed by atoms with Crippen LogP contribution in [0.5, 0.6) is 0 Å². The minimum Gasteiger partial charge on any atom is -0.354 e. The molecule has 0 saturated carbocycles. The molecular formula is C97H60ClFN8. The topological polar surface area (TPSA) is 82.1 Å². The summed E-state index contributed by atoms with van der Waals surface area (Å²) in [6.45, 7) is 0. The fourth-order valence-corrected chi connectivity index (χ4v) is 17.5. The van der Waals surface area contributed by atoms with Crippen molar-refractivity contribution >= 4 is 142 Å². The van der Waals surface area contributed by atoms with E-state index in [1.807, 2.05) is 42.5 Å². The first-order valence-corrected chi connectivity index (χ1v) is 36.2. The van der Waals surface area contributed by atoms with Gasteiger partial charge in [-0.2, -0.15) is 0 Å². The van der Waals surface area contributed by atoms with Gasteiger partial charge >= 0.3 is 0 Å². The third kappa shape index (κ3) is 9.54. The third-order valence-corrected chi connectivity index (χ3v) is 21.9. The molecule has 0 fully saturated rings. The van der Waals surface area contributed by atoms with Crippen LogP contribution in [-0.2, 0) is 0 Å². The number of aromatic nitrogens is 8. The molecule has 2 aliphatic rings. The van der Waals surface area contributed by atoms with Gasteiger partial charge in [-0.25, -0.2) is 19.9 Å². The molecule has 0 unspecified atom stereocenters. The molecule has 0 aliphatic heterocycles. The summed E-state index contributed by atoms with van der Waals surface area (Å²) in [6.07, 6.45) is 0. The van der Waals surface area contributed by atoms with Gasteiger partial charge < -0.3 is 14.1 Å². The van der Waals surface area contributed by atoms with Crippen molar-refractivity contribution in [1.82, 2.24) is 38.6 Å². The summed E-state index contributed by atoms with van der Waals surface area (Å²) in [5.41, 5.74) is 28.8. The van der Waals surface area contributed by atoms with E-state index in [4.69, 9.17) is 27.9 Å². The number of benzene rings is 16. The Kier molecular flexibility index (Phi) is 14.0. The maximum absolute atomic E-state index is 9.96. The minimum absolute atomic E-state index is 0.412. The molecule has 2 aliphatic carbocycles. The monoisotopic (exact) mass is 1390 g/mol. The minimum atomic E-state index is -1.00. The van der Waals surface area contributed by atoms with Gasteiger partial charge in [0.25, 0.3) is 0 Å². The Hall–Kier alpha value is -13.9. The van der Waals surface area contributed by atoms with E-state index in [1.54, 1.807) is 0 Å². The van der Waals surface area contributed by atoms with Crippen molar-refractivity contribution in [1.29, 1.82) is 0 Å². The van der Waals surface area contributed by atoms with E-state index < -0.39 is 7.15 Å². The van der Waals surface area contributed by atoms with Gasteiger partial charge in [-0.15, -0.1) is 0 Å². The molecule has 0 spiro atoms. The number of rotatable bonds is 5. The van der Waals surface area contributed by atoms with Crippen LogP contribution in [-0.4, -0.2) is 45.8 Å². The Morgan fingerprint density at radius 3 is 1.25 bits per heavy atom. The van der Waals surface area contributed by atoms with Gasteiger partial charge in [-0.3, -0.25) is 8.96 Å². The number of alkyl halides is 1. The summed E-state index contributed by atoms with van der Waals surface area (Å²) in [5.74, 6) is 0.822. The highest BCUT2D eigenvalue weighted by atomic mass is 35.5. The van der Waals surface area contributed by atoms with Gasteiger partial charge in [0.05, 0.1) is 63.7 Å². The fourth-order valence-electron chi connectivity index (χ4n) is 17.2. The van der Waals surface area contributed by atoms with Crippen molar-refractivity contribution in [3.8, 4) is 84.2 Å². The van der Waals surface area contributed by atoms with E-state index in [2.05, 4.69) is 321 Å². The Labute approximate surface area is 619 Å². The van der Waals surface area contributed by atoms with E-state index in [-0.39, 0.29) is 0 Å². The number of aromatic amines is 1. The van der Waals surface area contributed by atoms with Crippen LogP contribution in [0.3, 0.4) is 0 Å². The van der Waals surface area contributed by atoms with Gasteiger partial charge in [-0.1, -0.05) is 254 Å². The Balaban J connectivity index is 0.000000112. The quantitative estimate of drug-likeness (QED) is 0.186. The summed E-state index contributed by atoms with van der Waals surface area (Å²) in [7, 11) is -1.00. The molecule has 0 radical (unpaired) electrons. The number of nitrogens with one attached hydrogen (secondary N) is 1. The van der Waals surface area contributed by atoms with Crippen molar-refractivity contribution < 1.29 is 5.76 Å². The first-order valence-electron chi connectivity index (χ1n) is 36.5. The maximum Gasteiger partial charge on any atom is 0.165 e. The summed E-state index contributed by atoms with van der Waals surface area (Å²) >= 11 is 6.54. The van der Waals surface area contributed by atoms with E-state index in [0.717, 1.165) is 78.1 Å². The summed E-state index contributed by atoms with van der Waals surface area (Å²) in [5, 5.41) is 15.7. The smallest absolute Gasteiger partial charge is 0.165 e. The van der Waals surface area contributed by atoms with Gasteiger partial charge in [0.1, 0.15) is 11.4 Å². The highest BCUT2D eigenvalue weighted by Gasteiger charge is 2.28.